The van der Waals surface area contributed by atoms with E-state index in [1.54, 1.807) is 18.0 Å². The van der Waals surface area contributed by atoms with Gasteiger partial charge in [0.25, 0.3) is 0 Å². The average molecular weight is 186 g/mol. The molecule has 1 aliphatic rings. The summed E-state index contributed by atoms with van der Waals surface area (Å²) < 4.78 is 0. The number of nitrogens with two attached hydrogens (primary N) is 1. The van der Waals surface area contributed by atoms with E-state index in [1.165, 1.54) is 44.6 Å². The van der Waals surface area contributed by atoms with E-state index in [2.05, 4.69) is 4.90 Å². The van der Waals surface area contributed by atoms with Crippen LogP contribution in [0.5, 0.6) is 0 Å². The predicted molar refractivity (Wildman–Crippen MR) is 56.1 cm³/mol. The summed E-state index contributed by atoms with van der Waals surface area (Å²) in [5.74, 6) is 1.17. The highest BCUT2D eigenvalue weighted by Gasteiger charge is 2.08. The summed E-state index contributed by atoms with van der Waals surface area (Å²) in [7, 11) is 0. The lowest BCUT2D eigenvalue weighted by molar-refractivity contribution is 0.242. The highest BCUT2D eigenvalue weighted by molar-refractivity contribution is 8.02. The maximum absolute atomic E-state index is 5.23. The molecule has 0 bridgehead atoms. The van der Waals surface area contributed by atoms with E-state index in [-0.39, 0.29) is 0 Å². The number of thioether (sulfide) groups is 1. The van der Waals surface area contributed by atoms with Crippen LogP contribution >= 0.6 is 11.8 Å². The van der Waals surface area contributed by atoms with Crippen LogP contribution < -0.4 is 5.73 Å². The summed E-state index contributed by atoms with van der Waals surface area (Å²) in [5, 5.41) is 1.96. The first-order chi connectivity index (χ1) is 5.93. The van der Waals surface area contributed by atoms with Crippen LogP contribution in [0, 0.1) is 0 Å². The molecule has 1 heterocycles. The summed E-state index contributed by atoms with van der Waals surface area (Å²) in [6, 6.07) is 0. The van der Waals surface area contributed by atoms with Crippen LogP contribution in [0.2, 0.25) is 0 Å². The third-order valence-electron chi connectivity index (χ3n) is 2.15. The van der Waals surface area contributed by atoms with Gasteiger partial charge >= 0.3 is 0 Å². The van der Waals surface area contributed by atoms with E-state index in [0.29, 0.717) is 0 Å². The van der Waals surface area contributed by atoms with Crippen molar-refractivity contribution < 1.29 is 0 Å². The smallest absolute Gasteiger partial charge is 0.0103 e. The van der Waals surface area contributed by atoms with Crippen molar-refractivity contribution in [3.63, 3.8) is 0 Å². The summed E-state index contributed by atoms with van der Waals surface area (Å²) in [5.41, 5.74) is 5.23. The Morgan fingerprint density at radius 1 is 1.25 bits per heavy atom. The van der Waals surface area contributed by atoms with Crippen molar-refractivity contribution in [2.75, 3.05) is 25.4 Å². The molecule has 1 fully saturated rings. The Balaban J connectivity index is 1.97. The second-order valence-electron chi connectivity index (χ2n) is 3.10. The Kier molecular flexibility index (Phi) is 5.28. The molecule has 0 atom stereocenters. The van der Waals surface area contributed by atoms with Gasteiger partial charge in [0.1, 0.15) is 0 Å². The summed E-state index contributed by atoms with van der Waals surface area (Å²) in [6.07, 6.45) is 5.81. The van der Waals surface area contributed by atoms with Crippen LogP contribution in [-0.4, -0.2) is 30.3 Å². The van der Waals surface area contributed by atoms with Crippen molar-refractivity contribution in [3.05, 3.63) is 11.6 Å². The fraction of sp³-hybridized carbons (Fsp3) is 0.778. The molecule has 0 aliphatic carbocycles. The number of piperidine rings is 1. The first-order valence-corrected chi connectivity index (χ1v) is 5.69. The normalized spacial score (nSPS) is 20.3. The Bertz CT molecular complexity index is 130. The number of hydrogen-bond donors (Lipinski definition) is 1. The zero-order valence-corrected chi connectivity index (χ0v) is 8.35. The summed E-state index contributed by atoms with van der Waals surface area (Å²) in [6.45, 7) is 3.81. The molecule has 0 aromatic carbocycles. The molecule has 70 valence electrons. The summed E-state index contributed by atoms with van der Waals surface area (Å²) in [4.78, 5) is 2.54. The van der Waals surface area contributed by atoms with E-state index in [9.17, 15) is 0 Å². The molecule has 0 spiro atoms. The number of rotatable bonds is 4. The fourth-order valence-corrected chi connectivity index (χ4v) is 2.10. The van der Waals surface area contributed by atoms with Crippen molar-refractivity contribution in [1.29, 1.82) is 0 Å². The van der Waals surface area contributed by atoms with E-state index >= 15 is 0 Å². The maximum Gasteiger partial charge on any atom is 0.0103 e. The van der Waals surface area contributed by atoms with E-state index < -0.39 is 0 Å². The highest BCUT2D eigenvalue weighted by atomic mass is 32.2. The molecule has 0 saturated carbocycles. The Hall–Kier alpha value is -0.150. The van der Waals surface area contributed by atoms with Gasteiger partial charge in [-0.05, 0) is 31.3 Å². The van der Waals surface area contributed by atoms with Crippen molar-refractivity contribution in [1.82, 2.24) is 4.90 Å². The van der Waals surface area contributed by atoms with Gasteiger partial charge in [-0.3, -0.25) is 0 Å². The molecular weight excluding hydrogens is 168 g/mol. The molecule has 0 aromatic rings. The van der Waals surface area contributed by atoms with Gasteiger partial charge in [0.05, 0.1) is 0 Å². The molecule has 1 rings (SSSR count). The van der Waals surface area contributed by atoms with Gasteiger partial charge in [-0.2, -0.15) is 0 Å². The number of nitrogens with zero attached hydrogens (tertiary/aromatic N) is 1. The standard InChI is InChI=1S/C9H18N2S/c10-4-8-12-9-7-11-5-2-1-3-6-11/h4,8H,1-3,5-7,9-10H2/b8-4-. The SMILES string of the molecule is N/C=C\SCCN1CCCCC1. The van der Waals surface area contributed by atoms with Crippen LogP contribution in [0.15, 0.2) is 11.6 Å². The quantitative estimate of drug-likeness (QED) is 0.677. The highest BCUT2D eigenvalue weighted by Crippen LogP contribution is 2.09. The average Bonchev–Trinajstić information content (AvgIpc) is 2.14. The largest absolute Gasteiger partial charge is 0.404 e. The van der Waals surface area contributed by atoms with Crippen molar-refractivity contribution in [2.24, 2.45) is 5.73 Å². The first kappa shape index (κ1) is 9.93. The molecule has 0 unspecified atom stereocenters. The molecule has 3 heteroatoms. The van der Waals surface area contributed by atoms with Gasteiger partial charge in [-0.25, -0.2) is 0 Å². The van der Waals surface area contributed by atoms with E-state index in [4.69, 9.17) is 5.73 Å². The minimum atomic E-state index is 1.17. The summed E-state index contributed by atoms with van der Waals surface area (Å²) >= 11 is 1.80. The lowest BCUT2D eigenvalue weighted by atomic mass is 10.1. The zero-order chi connectivity index (χ0) is 8.65. The molecule has 0 radical (unpaired) electrons. The van der Waals surface area contributed by atoms with E-state index in [0.717, 1.165) is 0 Å². The van der Waals surface area contributed by atoms with Crippen molar-refractivity contribution in [2.45, 2.75) is 19.3 Å². The third-order valence-corrected chi connectivity index (χ3v) is 2.92. The minimum absolute atomic E-state index is 1.17. The molecule has 2 nitrogen and oxygen atoms in total. The topological polar surface area (TPSA) is 29.3 Å². The van der Waals surface area contributed by atoms with Crippen LogP contribution in [0.4, 0.5) is 0 Å². The maximum atomic E-state index is 5.23. The monoisotopic (exact) mass is 186 g/mol. The van der Waals surface area contributed by atoms with Crippen molar-refractivity contribution in [3.8, 4) is 0 Å². The molecule has 2 N–H and O–H groups in total. The minimum Gasteiger partial charge on any atom is -0.404 e. The number of hydrogen-bond acceptors (Lipinski definition) is 3. The molecule has 0 aromatic heterocycles. The van der Waals surface area contributed by atoms with Gasteiger partial charge in [-0.1, -0.05) is 6.42 Å². The third kappa shape index (κ3) is 4.02. The zero-order valence-electron chi connectivity index (χ0n) is 7.54. The lowest BCUT2D eigenvalue weighted by Gasteiger charge is -2.25. The first-order valence-electron chi connectivity index (χ1n) is 4.64. The van der Waals surface area contributed by atoms with Crippen LogP contribution in [-0.2, 0) is 0 Å². The van der Waals surface area contributed by atoms with Crippen LogP contribution in [0.25, 0.3) is 0 Å². The van der Waals surface area contributed by atoms with E-state index in [1.807, 2.05) is 5.41 Å². The van der Waals surface area contributed by atoms with Gasteiger partial charge < -0.3 is 10.6 Å². The molecular formula is C9H18N2S. The van der Waals surface area contributed by atoms with Gasteiger partial charge in [0, 0.05) is 18.5 Å². The fourth-order valence-electron chi connectivity index (χ4n) is 1.49. The van der Waals surface area contributed by atoms with Crippen LogP contribution in [0.3, 0.4) is 0 Å². The Morgan fingerprint density at radius 3 is 2.67 bits per heavy atom. The van der Waals surface area contributed by atoms with Crippen molar-refractivity contribution >= 4 is 11.8 Å². The second-order valence-corrected chi connectivity index (χ2v) is 4.12. The predicted octanol–water partition coefficient (Wildman–Crippen LogP) is 1.64. The Morgan fingerprint density at radius 2 is 2.00 bits per heavy atom. The van der Waals surface area contributed by atoms with Gasteiger partial charge in [-0.15, -0.1) is 11.8 Å². The molecule has 1 aliphatic heterocycles. The lowest BCUT2D eigenvalue weighted by Crippen LogP contribution is -2.31. The molecule has 0 amide bonds. The molecule has 1 saturated heterocycles. The van der Waals surface area contributed by atoms with Crippen LogP contribution in [0.1, 0.15) is 19.3 Å². The Labute approximate surface area is 79.2 Å². The second kappa shape index (κ2) is 6.38. The van der Waals surface area contributed by atoms with Gasteiger partial charge in [0.15, 0.2) is 0 Å². The van der Waals surface area contributed by atoms with Gasteiger partial charge in [0.2, 0.25) is 0 Å². The molecule has 12 heavy (non-hydrogen) atoms. The number of likely N-dealkylation sites (tertiary alicyclic amines) is 1.